The number of carbonyl (C=O) groups is 2. The average molecular weight is 483 g/mol. The van der Waals surface area contributed by atoms with E-state index in [2.05, 4.69) is 9.89 Å². The lowest BCUT2D eigenvalue weighted by molar-refractivity contribution is -0.136. The maximum Gasteiger partial charge on any atom is 0.256 e. The molecule has 2 amide bonds. The fraction of sp³-hybridized carbons (Fsp3) is 0.423. The van der Waals surface area contributed by atoms with Gasteiger partial charge in [0.15, 0.2) is 0 Å². The maximum atomic E-state index is 14.7. The summed E-state index contributed by atoms with van der Waals surface area (Å²) in [5.41, 5.74) is 2.71. The molecule has 2 fully saturated rings. The predicted octanol–water partition coefficient (Wildman–Crippen LogP) is 4.35. The standard InChI is InChI=1S/C26H28ClFN4O2/c27-22-6-3-7-24-21(22)15-29-17-32(24)16-18-8-9-23(28)20(14-18)26(34)31-12-10-30(11-13-31)25(33)19-4-1-2-5-19/h3,6-9,14-15,19H,1-2,4-5,10-13,16-17H2. The highest BCUT2D eigenvalue weighted by Crippen LogP contribution is 2.30. The fourth-order valence-electron chi connectivity index (χ4n) is 5.16. The summed E-state index contributed by atoms with van der Waals surface area (Å²) in [6.45, 7) is 2.80. The number of carbonyl (C=O) groups excluding carboxylic acids is 2. The largest absolute Gasteiger partial charge is 0.347 e. The molecule has 6 nitrogen and oxygen atoms in total. The van der Waals surface area contributed by atoms with Crippen molar-refractivity contribution in [3.05, 3.63) is 63.9 Å². The molecule has 3 aliphatic rings. The van der Waals surface area contributed by atoms with E-state index in [9.17, 15) is 14.0 Å². The van der Waals surface area contributed by atoms with Gasteiger partial charge in [0.2, 0.25) is 5.91 Å². The topological polar surface area (TPSA) is 56.2 Å². The molecule has 2 aromatic rings. The lowest BCUT2D eigenvalue weighted by Crippen LogP contribution is -2.51. The van der Waals surface area contributed by atoms with Gasteiger partial charge in [0.05, 0.1) is 10.6 Å². The highest BCUT2D eigenvalue weighted by molar-refractivity contribution is 6.33. The number of hydrogen-bond donors (Lipinski definition) is 0. The smallest absolute Gasteiger partial charge is 0.256 e. The highest BCUT2D eigenvalue weighted by atomic mass is 35.5. The second kappa shape index (κ2) is 9.74. The first-order valence-electron chi connectivity index (χ1n) is 11.9. The van der Waals surface area contributed by atoms with Crippen LogP contribution in [0.15, 0.2) is 41.4 Å². The molecule has 178 valence electrons. The molecule has 0 atom stereocenters. The third-order valence-corrected chi connectivity index (χ3v) is 7.39. The second-order valence-corrected chi connectivity index (χ2v) is 9.64. The number of piperazine rings is 1. The summed E-state index contributed by atoms with van der Waals surface area (Å²) in [6, 6.07) is 10.4. The Morgan fingerprint density at radius 1 is 1.03 bits per heavy atom. The Hall–Kier alpha value is -2.93. The van der Waals surface area contributed by atoms with Gasteiger partial charge in [-0.1, -0.05) is 36.6 Å². The van der Waals surface area contributed by atoms with Crippen LogP contribution in [0, 0.1) is 11.7 Å². The summed E-state index contributed by atoms with van der Waals surface area (Å²) in [6.07, 6.45) is 5.94. The molecule has 0 unspecified atom stereocenters. The molecule has 5 rings (SSSR count). The van der Waals surface area contributed by atoms with E-state index in [0.717, 1.165) is 42.5 Å². The molecule has 1 aliphatic carbocycles. The Bertz CT molecular complexity index is 1120. The minimum atomic E-state index is -0.529. The van der Waals surface area contributed by atoms with E-state index in [-0.39, 0.29) is 23.3 Å². The number of amides is 2. The number of benzene rings is 2. The summed E-state index contributed by atoms with van der Waals surface area (Å²) < 4.78 is 14.7. The summed E-state index contributed by atoms with van der Waals surface area (Å²) in [5, 5.41) is 0.631. The minimum Gasteiger partial charge on any atom is -0.347 e. The van der Waals surface area contributed by atoms with Gasteiger partial charge in [-0.2, -0.15) is 0 Å². The number of fused-ring (bicyclic) bond motifs is 1. The van der Waals surface area contributed by atoms with Crippen molar-refractivity contribution < 1.29 is 14.0 Å². The van der Waals surface area contributed by atoms with E-state index >= 15 is 0 Å². The number of rotatable bonds is 4. The molecule has 0 spiro atoms. The molecule has 1 saturated heterocycles. The molecule has 2 heterocycles. The predicted molar refractivity (Wildman–Crippen MR) is 131 cm³/mol. The van der Waals surface area contributed by atoms with Gasteiger partial charge in [-0.3, -0.25) is 14.6 Å². The Morgan fingerprint density at radius 3 is 2.53 bits per heavy atom. The van der Waals surface area contributed by atoms with Crippen molar-refractivity contribution >= 4 is 35.3 Å². The van der Waals surface area contributed by atoms with Crippen LogP contribution in [-0.2, 0) is 11.3 Å². The van der Waals surface area contributed by atoms with Crippen LogP contribution in [0.3, 0.4) is 0 Å². The Labute approximate surface area is 204 Å². The van der Waals surface area contributed by atoms with Gasteiger partial charge in [-0.05, 0) is 42.7 Å². The zero-order valence-corrected chi connectivity index (χ0v) is 19.8. The van der Waals surface area contributed by atoms with Gasteiger partial charge in [-0.25, -0.2) is 4.39 Å². The SMILES string of the molecule is O=C(c1cc(CN2CN=Cc3c(Cl)cccc32)ccc1F)N1CCN(C(=O)C2CCCC2)CC1. The molecule has 1 saturated carbocycles. The number of hydrogen-bond acceptors (Lipinski definition) is 4. The van der Waals surface area contributed by atoms with Crippen LogP contribution in [0.5, 0.6) is 0 Å². The molecular weight excluding hydrogens is 455 g/mol. The van der Waals surface area contributed by atoms with Gasteiger partial charge >= 0.3 is 0 Å². The first kappa shape index (κ1) is 22.8. The normalized spacial score (nSPS) is 18.4. The van der Waals surface area contributed by atoms with Crippen LogP contribution in [0.2, 0.25) is 5.02 Å². The van der Waals surface area contributed by atoms with Crippen molar-refractivity contribution in [3.63, 3.8) is 0 Å². The molecule has 2 aliphatic heterocycles. The fourth-order valence-corrected chi connectivity index (χ4v) is 5.38. The second-order valence-electron chi connectivity index (χ2n) is 9.24. The van der Waals surface area contributed by atoms with E-state index in [1.54, 1.807) is 23.2 Å². The molecular formula is C26H28ClFN4O2. The number of anilines is 1. The Kier molecular flexibility index (Phi) is 6.55. The molecule has 0 N–H and O–H groups in total. The monoisotopic (exact) mass is 482 g/mol. The van der Waals surface area contributed by atoms with Gasteiger partial charge in [0, 0.05) is 56.1 Å². The summed E-state index contributed by atoms with van der Waals surface area (Å²) in [4.78, 5) is 35.8. The molecule has 0 radical (unpaired) electrons. The van der Waals surface area contributed by atoms with Crippen molar-refractivity contribution in [2.75, 3.05) is 37.7 Å². The van der Waals surface area contributed by atoms with Gasteiger partial charge in [-0.15, -0.1) is 0 Å². The molecule has 0 aromatic heterocycles. The van der Waals surface area contributed by atoms with Crippen LogP contribution < -0.4 is 4.90 Å². The van der Waals surface area contributed by atoms with Crippen LogP contribution in [-0.4, -0.2) is 60.7 Å². The number of halogens is 2. The highest BCUT2D eigenvalue weighted by Gasteiger charge is 2.31. The first-order chi connectivity index (χ1) is 16.5. The van der Waals surface area contributed by atoms with Crippen molar-refractivity contribution in [2.45, 2.75) is 32.2 Å². The summed E-state index contributed by atoms with van der Waals surface area (Å²) >= 11 is 6.31. The van der Waals surface area contributed by atoms with Crippen LogP contribution in [0.1, 0.15) is 47.2 Å². The van der Waals surface area contributed by atoms with E-state index < -0.39 is 5.82 Å². The van der Waals surface area contributed by atoms with E-state index in [0.29, 0.717) is 44.4 Å². The molecule has 8 heteroatoms. The van der Waals surface area contributed by atoms with Crippen LogP contribution in [0.25, 0.3) is 0 Å². The zero-order valence-electron chi connectivity index (χ0n) is 19.1. The van der Waals surface area contributed by atoms with Crippen LogP contribution >= 0.6 is 11.6 Å². The van der Waals surface area contributed by atoms with E-state index in [1.807, 2.05) is 23.1 Å². The van der Waals surface area contributed by atoms with E-state index in [1.165, 1.54) is 6.07 Å². The maximum absolute atomic E-state index is 14.7. The lowest BCUT2D eigenvalue weighted by atomic mass is 10.1. The van der Waals surface area contributed by atoms with Gasteiger partial charge in [0.25, 0.3) is 5.91 Å². The Morgan fingerprint density at radius 2 is 1.76 bits per heavy atom. The quantitative estimate of drug-likeness (QED) is 0.651. The average Bonchev–Trinajstić information content (AvgIpc) is 3.40. The molecule has 2 aromatic carbocycles. The molecule has 0 bridgehead atoms. The van der Waals surface area contributed by atoms with Crippen molar-refractivity contribution in [3.8, 4) is 0 Å². The van der Waals surface area contributed by atoms with Crippen molar-refractivity contribution in [1.29, 1.82) is 0 Å². The van der Waals surface area contributed by atoms with Gasteiger partial charge < -0.3 is 14.7 Å². The summed E-state index contributed by atoms with van der Waals surface area (Å²) in [5.74, 6) is -0.511. The number of aliphatic imine (C=N–C) groups is 1. The van der Waals surface area contributed by atoms with Gasteiger partial charge in [0.1, 0.15) is 12.5 Å². The lowest BCUT2D eigenvalue weighted by Gasteiger charge is -2.36. The third kappa shape index (κ3) is 4.53. The Balaban J connectivity index is 1.26. The minimum absolute atomic E-state index is 0.0693. The van der Waals surface area contributed by atoms with E-state index in [4.69, 9.17) is 11.6 Å². The third-order valence-electron chi connectivity index (χ3n) is 7.06. The van der Waals surface area contributed by atoms with Crippen LogP contribution in [0.4, 0.5) is 10.1 Å². The first-order valence-corrected chi connectivity index (χ1v) is 12.3. The molecule has 34 heavy (non-hydrogen) atoms. The summed E-state index contributed by atoms with van der Waals surface area (Å²) in [7, 11) is 0. The number of nitrogens with zero attached hydrogens (tertiary/aromatic N) is 4. The van der Waals surface area contributed by atoms with Crippen molar-refractivity contribution in [1.82, 2.24) is 9.80 Å². The zero-order chi connectivity index (χ0) is 23.7. The van der Waals surface area contributed by atoms with Crippen molar-refractivity contribution in [2.24, 2.45) is 10.9 Å².